The van der Waals surface area contributed by atoms with E-state index in [0.29, 0.717) is 32.2 Å². The number of alkyl halides is 3. The molecule has 0 aromatic heterocycles. The lowest BCUT2D eigenvalue weighted by molar-refractivity contribution is -0.189. The van der Waals surface area contributed by atoms with Gasteiger partial charge < -0.3 is 10.4 Å². The number of hydrogen-bond acceptors (Lipinski definition) is 2. The fourth-order valence-corrected chi connectivity index (χ4v) is 3.47. The molecule has 2 unspecified atom stereocenters. The van der Waals surface area contributed by atoms with E-state index in [1.807, 2.05) is 0 Å². The summed E-state index contributed by atoms with van der Waals surface area (Å²) in [4.78, 5) is 0. The molecule has 0 spiro atoms. The van der Waals surface area contributed by atoms with Gasteiger partial charge in [0.2, 0.25) is 0 Å². The summed E-state index contributed by atoms with van der Waals surface area (Å²) < 4.78 is 38.8. The molecule has 0 bridgehead atoms. The highest BCUT2D eigenvalue weighted by molar-refractivity contribution is 4.90. The average Bonchev–Trinajstić information content (AvgIpc) is 2.37. The van der Waals surface area contributed by atoms with Gasteiger partial charge in [-0.1, -0.05) is 32.1 Å². The molecule has 112 valence electrons. The Morgan fingerprint density at radius 1 is 1.00 bits per heavy atom. The molecule has 0 aromatic rings. The lowest BCUT2D eigenvalue weighted by Gasteiger charge is -2.38. The third-order valence-electron chi connectivity index (χ3n) is 4.66. The van der Waals surface area contributed by atoms with Crippen LogP contribution in [0.15, 0.2) is 0 Å². The lowest BCUT2D eigenvalue weighted by Crippen LogP contribution is -2.51. The molecule has 2 saturated carbocycles. The first-order valence-electron chi connectivity index (χ1n) is 7.43. The highest BCUT2D eigenvalue weighted by atomic mass is 19.4. The van der Waals surface area contributed by atoms with E-state index in [9.17, 15) is 18.3 Å². The monoisotopic (exact) mass is 279 g/mol. The van der Waals surface area contributed by atoms with Crippen LogP contribution in [0.4, 0.5) is 13.2 Å². The second-order valence-corrected chi connectivity index (χ2v) is 6.20. The number of hydrogen-bond donors (Lipinski definition) is 2. The smallest absolute Gasteiger partial charge is 0.389 e. The summed E-state index contributed by atoms with van der Waals surface area (Å²) in [5, 5.41) is 13.4. The summed E-state index contributed by atoms with van der Waals surface area (Å²) in [5.74, 6) is -1.24. The Balaban J connectivity index is 1.89. The molecule has 0 radical (unpaired) electrons. The predicted molar refractivity (Wildman–Crippen MR) is 67.8 cm³/mol. The molecule has 2 N–H and O–H groups in total. The zero-order chi connectivity index (χ0) is 13.9. The summed E-state index contributed by atoms with van der Waals surface area (Å²) in [6.07, 6.45) is 2.68. The molecule has 0 amide bonds. The van der Waals surface area contributed by atoms with E-state index in [0.717, 1.165) is 25.7 Å². The van der Waals surface area contributed by atoms with E-state index < -0.39 is 23.7 Å². The summed E-state index contributed by atoms with van der Waals surface area (Å²) in [5.41, 5.74) is -0.786. The molecule has 2 rings (SSSR count). The average molecular weight is 279 g/mol. The van der Waals surface area contributed by atoms with Crippen molar-refractivity contribution in [3.63, 3.8) is 0 Å². The maximum Gasteiger partial charge on any atom is 0.393 e. The van der Waals surface area contributed by atoms with Crippen LogP contribution in [-0.4, -0.2) is 29.5 Å². The van der Waals surface area contributed by atoms with Crippen LogP contribution in [0.1, 0.15) is 57.8 Å². The molecular weight excluding hydrogens is 255 g/mol. The summed E-state index contributed by atoms with van der Waals surface area (Å²) in [7, 11) is 0. The van der Waals surface area contributed by atoms with Gasteiger partial charge in [-0.3, -0.25) is 0 Å². The van der Waals surface area contributed by atoms with Crippen molar-refractivity contribution >= 4 is 0 Å². The van der Waals surface area contributed by atoms with Crippen LogP contribution in [0, 0.1) is 5.92 Å². The van der Waals surface area contributed by atoms with Crippen LogP contribution in [-0.2, 0) is 0 Å². The third kappa shape index (κ3) is 4.09. The second-order valence-electron chi connectivity index (χ2n) is 6.20. The summed E-state index contributed by atoms with van der Waals surface area (Å²) in [6.45, 7) is 0.310. The number of rotatable bonds is 3. The molecule has 19 heavy (non-hydrogen) atoms. The van der Waals surface area contributed by atoms with Crippen molar-refractivity contribution in [3.8, 4) is 0 Å². The largest absolute Gasteiger partial charge is 0.393 e. The van der Waals surface area contributed by atoms with E-state index in [4.69, 9.17) is 0 Å². The van der Waals surface area contributed by atoms with Crippen LogP contribution < -0.4 is 5.32 Å². The van der Waals surface area contributed by atoms with E-state index >= 15 is 0 Å². The minimum absolute atomic E-state index is 0.222. The quantitative estimate of drug-likeness (QED) is 0.830. The van der Waals surface area contributed by atoms with Gasteiger partial charge in [-0.15, -0.1) is 0 Å². The summed E-state index contributed by atoms with van der Waals surface area (Å²) in [6, 6.07) is -0.514. The van der Waals surface area contributed by atoms with Gasteiger partial charge in [0, 0.05) is 12.6 Å². The van der Waals surface area contributed by atoms with Gasteiger partial charge in [-0.2, -0.15) is 13.2 Å². The van der Waals surface area contributed by atoms with Gasteiger partial charge in [0.1, 0.15) is 0 Å². The standard InChI is InChI=1S/C14H24F3NO/c15-14(16,17)11-6-2-3-7-12(11)18-10-13(19)8-4-1-5-9-13/h11-12,18-19H,1-10H2. The molecule has 2 nitrogen and oxygen atoms in total. The lowest BCUT2D eigenvalue weighted by atomic mass is 9.81. The maximum atomic E-state index is 12.9. The second kappa shape index (κ2) is 6.00. The SMILES string of the molecule is OC1(CNC2CCCCC2C(F)(F)F)CCCCC1. The third-order valence-corrected chi connectivity index (χ3v) is 4.66. The molecule has 2 fully saturated rings. The molecule has 0 aromatic carbocycles. The molecule has 0 aliphatic heterocycles. The summed E-state index contributed by atoms with van der Waals surface area (Å²) >= 11 is 0. The Bertz CT molecular complexity index is 287. The first-order valence-corrected chi connectivity index (χ1v) is 7.43. The number of halogens is 3. The van der Waals surface area contributed by atoms with Gasteiger partial charge in [0.15, 0.2) is 0 Å². The molecule has 2 atom stereocenters. The first kappa shape index (κ1) is 15.1. The molecular formula is C14H24F3NO. The molecule has 0 heterocycles. The van der Waals surface area contributed by atoms with E-state index in [1.54, 1.807) is 0 Å². The fraction of sp³-hybridized carbons (Fsp3) is 1.00. The van der Waals surface area contributed by atoms with E-state index in [2.05, 4.69) is 5.32 Å². The topological polar surface area (TPSA) is 32.3 Å². The van der Waals surface area contributed by atoms with E-state index in [1.165, 1.54) is 0 Å². The van der Waals surface area contributed by atoms with Crippen LogP contribution >= 0.6 is 0 Å². The Labute approximate surface area is 112 Å². The zero-order valence-corrected chi connectivity index (χ0v) is 11.3. The predicted octanol–water partition coefficient (Wildman–Crippen LogP) is 3.39. The minimum Gasteiger partial charge on any atom is -0.389 e. The Morgan fingerprint density at radius 3 is 2.26 bits per heavy atom. The first-order chi connectivity index (χ1) is 8.91. The van der Waals surface area contributed by atoms with Crippen LogP contribution in [0.2, 0.25) is 0 Å². The van der Waals surface area contributed by atoms with Crippen LogP contribution in [0.3, 0.4) is 0 Å². The molecule has 2 aliphatic rings. The van der Waals surface area contributed by atoms with Gasteiger partial charge in [0.05, 0.1) is 11.5 Å². The molecule has 2 aliphatic carbocycles. The van der Waals surface area contributed by atoms with Gasteiger partial charge in [-0.05, 0) is 25.7 Å². The number of nitrogens with one attached hydrogen (secondary N) is 1. The van der Waals surface area contributed by atoms with Crippen molar-refractivity contribution < 1.29 is 18.3 Å². The van der Waals surface area contributed by atoms with Gasteiger partial charge >= 0.3 is 6.18 Å². The van der Waals surface area contributed by atoms with E-state index in [-0.39, 0.29) is 6.42 Å². The zero-order valence-electron chi connectivity index (χ0n) is 11.3. The fourth-order valence-electron chi connectivity index (χ4n) is 3.47. The molecule has 5 heteroatoms. The van der Waals surface area contributed by atoms with Crippen molar-refractivity contribution in [2.75, 3.05) is 6.54 Å². The van der Waals surface area contributed by atoms with Crippen molar-refractivity contribution in [3.05, 3.63) is 0 Å². The van der Waals surface area contributed by atoms with Gasteiger partial charge in [-0.25, -0.2) is 0 Å². The van der Waals surface area contributed by atoms with Crippen molar-refractivity contribution in [2.24, 2.45) is 5.92 Å². The van der Waals surface area contributed by atoms with Gasteiger partial charge in [0.25, 0.3) is 0 Å². The van der Waals surface area contributed by atoms with Crippen molar-refractivity contribution in [2.45, 2.75) is 75.6 Å². The number of aliphatic hydroxyl groups is 1. The van der Waals surface area contributed by atoms with Crippen LogP contribution in [0.25, 0.3) is 0 Å². The van der Waals surface area contributed by atoms with Crippen molar-refractivity contribution in [1.82, 2.24) is 5.32 Å². The molecule has 0 saturated heterocycles. The normalized spacial score (nSPS) is 32.2. The highest BCUT2D eigenvalue weighted by Gasteiger charge is 2.45. The minimum atomic E-state index is -4.12. The highest BCUT2D eigenvalue weighted by Crippen LogP contribution is 2.38. The Kier molecular flexibility index (Phi) is 4.77. The maximum absolute atomic E-state index is 12.9. The van der Waals surface area contributed by atoms with Crippen molar-refractivity contribution in [1.29, 1.82) is 0 Å². The Morgan fingerprint density at radius 2 is 1.63 bits per heavy atom. The Hall–Kier alpha value is -0.290. The van der Waals surface area contributed by atoms with Crippen LogP contribution in [0.5, 0.6) is 0 Å².